The van der Waals surface area contributed by atoms with Crippen LogP contribution in [0.4, 0.5) is 11.6 Å². The van der Waals surface area contributed by atoms with Crippen LogP contribution in [-0.4, -0.2) is 30.5 Å². The Hall–Kier alpha value is -3.53. The maximum Gasteiger partial charge on any atom is 0.275 e. The number of benzene rings is 1. The van der Waals surface area contributed by atoms with Gasteiger partial charge in [-0.05, 0) is 31.0 Å². The molecule has 2 aliphatic rings. The highest BCUT2D eigenvalue weighted by molar-refractivity contribution is 7.98. The Balaban J connectivity index is 1.57. The molecule has 10 heteroatoms. The van der Waals surface area contributed by atoms with E-state index in [4.69, 9.17) is 0 Å². The van der Waals surface area contributed by atoms with Crippen molar-refractivity contribution >= 4 is 29.2 Å². The predicted octanol–water partition coefficient (Wildman–Crippen LogP) is 3.90. The third kappa shape index (κ3) is 3.59. The summed E-state index contributed by atoms with van der Waals surface area (Å²) in [5.74, 6) is 1.06. The van der Waals surface area contributed by atoms with E-state index in [-0.39, 0.29) is 11.5 Å². The molecular weight excluding hydrogens is 416 g/mol. The molecule has 1 aliphatic carbocycles. The number of carbonyl (C=O) groups excluding carboxylic acids is 1. The second-order valence-electron chi connectivity index (χ2n) is 7.28. The first-order valence-electron chi connectivity index (χ1n) is 9.87. The summed E-state index contributed by atoms with van der Waals surface area (Å²) >= 11 is 1.43. The number of nitrogens with zero attached hydrogens (tertiary/aromatic N) is 5. The smallest absolute Gasteiger partial charge is 0.275 e. The first-order chi connectivity index (χ1) is 15.1. The average Bonchev–Trinajstić information content (AvgIpc) is 3.19. The van der Waals surface area contributed by atoms with E-state index in [1.165, 1.54) is 17.8 Å². The molecule has 9 nitrogen and oxygen atoms in total. The fourth-order valence-corrected chi connectivity index (χ4v) is 4.74. The number of anilines is 1. The zero-order valence-electron chi connectivity index (χ0n) is 16.4. The number of nitro groups is 1. The summed E-state index contributed by atoms with van der Waals surface area (Å²) in [5, 5.41) is 20.1. The molecular formula is C21H18N6O3S. The number of rotatable bonds is 5. The molecule has 5 rings (SSSR count). The zero-order valence-corrected chi connectivity index (χ0v) is 17.2. The van der Waals surface area contributed by atoms with Crippen molar-refractivity contribution < 1.29 is 9.72 Å². The van der Waals surface area contributed by atoms with Gasteiger partial charge in [-0.3, -0.25) is 19.9 Å². The van der Waals surface area contributed by atoms with E-state index in [0.717, 1.165) is 17.8 Å². The standard InChI is InChI=1S/C21H18N6O3S/c28-17-10-5-8-15-18(17)19(14-7-1-2-9-16(14)27(29)30)26-20(23-15)24-21(25-26)31-12-13-6-3-4-11-22-13/h1-4,6-7,9,11,19H,5,8,10,12H2,(H,23,24,25)/t19-/m1/s1. The van der Waals surface area contributed by atoms with Crippen molar-refractivity contribution in [2.45, 2.75) is 36.2 Å². The van der Waals surface area contributed by atoms with Crippen LogP contribution >= 0.6 is 11.8 Å². The third-order valence-electron chi connectivity index (χ3n) is 5.35. The van der Waals surface area contributed by atoms with Crippen LogP contribution in [0.25, 0.3) is 0 Å². The molecule has 1 N–H and O–H groups in total. The minimum absolute atomic E-state index is 0.0132. The fourth-order valence-electron chi connectivity index (χ4n) is 3.99. The van der Waals surface area contributed by atoms with Gasteiger partial charge in [0.05, 0.1) is 16.2 Å². The van der Waals surface area contributed by atoms with Crippen LogP contribution in [0.5, 0.6) is 0 Å². The van der Waals surface area contributed by atoms with Gasteiger partial charge in [-0.2, -0.15) is 4.98 Å². The number of hydrogen-bond acceptors (Lipinski definition) is 8. The number of para-hydroxylation sites is 1. The Morgan fingerprint density at radius 1 is 1.19 bits per heavy atom. The quantitative estimate of drug-likeness (QED) is 0.365. The van der Waals surface area contributed by atoms with Gasteiger partial charge in [0.15, 0.2) is 5.78 Å². The van der Waals surface area contributed by atoms with Gasteiger partial charge >= 0.3 is 0 Å². The summed E-state index contributed by atoms with van der Waals surface area (Å²) < 4.78 is 1.60. The Kier molecular flexibility index (Phi) is 4.99. The molecule has 0 unspecified atom stereocenters. The van der Waals surface area contributed by atoms with Gasteiger partial charge in [-0.1, -0.05) is 30.0 Å². The van der Waals surface area contributed by atoms with Gasteiger partial charge < -0.3 is 5.32 Å². The van der Waals surface area contributed by atoms with Crippen LogP contribution in [-0.2, 0) is 10.5 Å². The summed E-state index contributed by atoms with van der Waals surface area (Å²) in [6, 6.07) is 11.5. The van der Waals surface area contributed by atoms with Gasteiger partial charge in [0, 0.05) is 35.7 Å². The molecule has 0 amide bonds. The number of carbonyl (C=O) groups is 1. The molecule has 156 valence electrons. The summed E-state index contributed by atoms with van der Waals surface area (Å²) in [6.45, 7) is 0. The van der Waals surface area contributed by atoms with Crippen molar-refractivity contribution in [1.29, 1.82) is 0 Å². The van der Waals surface area contributed by atoms with E-state index in [2.05, 4.69) is 20.4 Å². The molecule has 0 spiro atoms. The lowest BCUT2D eigenvalue weighted by molar-refractivity contribution is -0.385. The van der Waals surface area contributed by atoms with Gasteiger partial charge in [0.25, 0.3) is 5.69 Å². The first-order valence-corrected chi connectivity index (χ1v) is 10.9. The number of thioether (sulfide) groups is 1. The van der Waals surface area contributed by atoms with E-state index in [9.17, 15) is 14.9 Å². The van der Waals surface area contributed by atoms with Crippen LogP contribution < -0.4 is 5.32 Å². The van der Waals surface area contributed by atoms with E-state index in [1.807, 2.05) is 18.2 Å². The highest BCUT2D eigenvalue weighted by Gasteiger charge is 2.39. The molecule has 2 aromatic heterocycles. The molecule has 1 atom stereocenters. The number of hydrogen-bond donors (Lipinski definition) is 1. The molecule has 31 heavy (non-hydrogen) atoms. The third-order valence-corrected chi connectivity index (χ3v) is 6.22. The summed E-state index contributed by atoms with van der Waals surface area (Å²) in [6.07, 6.45) is 3.59. The minimum Gasteiger partial charge on any atom is -0.328 e. The van der Waals surface area contributed by atoms with E-state index < -0.39 is 11.0 Å². The van der Waals surface area contributed by atoms with Crippen LogP contribution in [0.15, 0.2) is 65.1 Å². The maximum atomic E-state index is 12.9. The Morgan fingerprint density at radius 3 is 2.84 bits per heavy atom. The highest BCUT2D eigenvalue weighted by atomic mass is 32.2. The second-order valence-corrected chi connectivity index (χ2v) is 8.23. The summed E-state index contributed by atoms with van der Waals surface area (Å²) in [4.78, 5) is 33.1. The molecule has 1 aromatic carbocycles. The van der Waals surface area contributed by atoms with Gasteiger partial charge in [0.1, 0.15) is 6.04 Å². The fraction of sp³-hybridized carbons (Fsp3) is 0.238. The van der Waals surface area contributed by atoms with E-state index in [1.54, 1.807) is 29.1 Å². The number of pyridine rings is 1. The monoisotopic (exact) mass is 434 g/mol. The van der Waals surface area contributed by atoms with Crippen molar-refractivity contribution in [3.05, 3.63) is 81.3 Å². The Labute approximate surface area is 181 Å². The van der Waals surface area contributed by atoms with E-state index in [0.29, 0.717) is 40.8 Å². The molecule has 0 saturated carbocycles. The number of aromatic nitrogens is 4. The van der Waals surface area contributed by atoms with Gasteiger partial charge in [0.2, 0.25) is 11.1 Å². The average molecular weight is 434 g/mol. The van der Waals surface area contributed by atoms with Crippen LogP contribution in [0.1, 0.15) is 36.6 Å². The second kappa shape index (κ2) is 7.95. The molecule has 0 saturated heterocycles. The molecule has 3 heterocycles. The number of ketones is 1. The van der Waals surface area contributed by atoms with Gasteiger partial charge in [-0.15, -0.1) is 5.10 Å². The van der Waals surface area contributed by atoms with Gasteiger partial charge in [-0.25, -0.2) is 4.68 Å². The van der Waals surface area contributed by atoms with Crippen molar-refractivity contribution in [2.24, 2.45) is 0 Å². The Morgan fingerprint density at radius 2 is 2.03 bits per heavy atom. The zero-order chi connectivity index (χ0) is 21.4. The molecule has 0 radical (unpaired) electrons. The van der Waals surface area contributed by atoms with Crippen molar-refractivity contribution in [3.63, 3.8) is 0 Å². The highest BCUT2D eigenvalue weighted by Crippen LogP contribution is 2.43. The number of nitro benzene ring substituents is 1. The number of nitrogens with one attached hydrogen (secondary N) is 1. The number of allylic oxidation sites excluding steroid dienone is 2. The lowest BCUT2D eigenvalue weighted by Crippen LogP contribution is -2.31. The molecule has 0 fully saturated rings. The normalized spacial score (nSPS) is 17.7. The SMILES string of the molecule is O=C1CCCC2=C1[C@@H](c1ccccc1[N+](=O)[O-])n1nc(SCc3ccccn3)nc1N2. The largest absolute Gasteiger partial charge is 0.328 e. The van der Waals surface area contributed by atoms with Crippen LogP contribution in [0.3, 0.4) is 0 Å². The first kappa shape index (κ1) is 19.4. The van der Waals surface area contributed by atoms with Crippen LogP contribution in [0, 0.1) is 10.1 Å². The van der Waals surface area contributed by atoms with E-state index >= 15 is 0 Å². The Bertz CT molecular complexity index is 1210. The van der Waals surface area contributed by atoms with Crippen molar-refractivity contribution in [1.82, 2.24) is 19.7 Å². The number of fused-ring (bicyclic) bond motifs is 1. The number of Topliss-reactive ketones (excluding diaryl/α,β-unsaturated/α-hetero) is 1. The molecule has 1 aliphatic heterocycles. The molecule has 0 bridgehead atoms. The predicted molar refractivity (Wildman–Crippen MR) is 115 cm³/mol. The minimum atomic E-state index is -0.683. The van der Waals surface area contributed by atoms with Crippen molar-refractivity contribution in [3.8, 4) is 0 Å². The van der Waals surface area contributed by atoms with Crippen molar-refractivity contribution in [2.75, 3.05) is 5.32 Å². The maximum absolute atomic E-state index is 12.9. The lowest BCUT2D eigenvalue weighted by atomic mass is 9.85. The topological polar surface area (TPSA) is 116 Å². The summed E-state index contributed by atoms with van der Waals surface area (Å²) in [5.41, 5.74) is 2.61. The van der Waals surface area contributed by atoms with Crippen LogP contribution in [0.2, 0.25) is 0 Å². The summed E-state index contributed by atoms with van der Waals surface area (Å²) in [7, 11) is 0. The molecule has 3 aromatic rings. The lowest BCUT2D eigenvalue weighted by Gasteiger charge is -2.31.